The molecule has 7 nitrogen and oxygen atoms in total. The molecule has 0 heterocycles. The molecule has 0 bridgehead atoms. The number of carbonyl (C=O) groups is 3. The Morgan fingerprint density at radius 3 is 2.20 bits per heavy atom. The fourth-order valence-electron chi connectivity index (χ4n) is 3.58. The number of anilines is 2. The number of ether oxygens (including phenoxy) is 1. The maximum Gasteiger partial charge on any atom is 0.272 e. The van der Waals surface area contributed by atoms with E-state index in [-0.39, 0.29) is 17.4 Å². The first-order chi connectivity index (χ1) is 19.4. The van der Waals surface area contributed by atoms with Crippen LogP contribution < -0.4 is 20.7 Å². The van der Waals surface area contributed by atoms with Gasteiger partial charge in [0.2, 0.25) is 5.91 Å². The zero-order chi connectivity index (χ0) is 28.3. The molecule has 4 rings (SSSR count). The van der Waals surface area contributed by atoms with E-state index in [0.29, 0.717) is 33.3 Å². The fourth-order valence-corrected chi connectivity index (χ4v) is 4.41. The molecule has 0 aliphatic heterocycles. The summed E-state index contributed by atoms with van der Waals surface area (Å²) in [6, 6.07) is 29.8. The Morgan fingerprint density at radius 1 is 0.825 bits per heavy atom. The van der Waals surface area contributed by atoms with E-state index in [9.17, 15) is 14.4 Å². The molecule has 0 atom stereocenters. The van der Waals surface area contributed by atoms with Crippen molar-refractivity contribution in [3.63, 3.8) is 0 Å². The molecule has 0 saturated heterocycles. The van der Waals surface area contributed by atoms with Gasteiger partial charge in [-0.2, -0.15) is 0 Å². The molecule has 0 radical (unpaired) electrons. The third-order valence-corrected chi connectivity index (χ3v) is 6.84. The first-order valence-electron chi connectivity index (χ1n) is 12.2. The van der Waals surface area contributed by atoms with Crippen molar-refractivity contribution in [1.82, 2.24) is 5.32 Å². The number of thioether (sulfide) groups is 1. The highest BCUT2D eigenvalue weighted by atomic mass is 35.5. The second-order valence-corrected chi connectivity index (χ2v) is 9.93. The minimum absolute atomic E-state index is 0.0719. The van der Waals surface area contributed by atoms with Crippen LogP contribution in [0.3, 0.4) is 0 Å². The van der Waals surface area contributed by atoms with Crippen LogP contribution in [-0.2, 0) is 9.59 Å². The predicted molar refractivity (Wildman–Crippen MR) is 161 cm³/mol. The second-order valence-electron chi connectivity index (χ2n) is 8.45. The van der Waals surface area contributed by atoms with Crippen LogP contribution in [0.25, 0.3) is 6.08 Å². The summed E-state index contributed by atoms with van der Waals surface area (Å²) in [6.07, 6.45) is 1.58. The lowest BCUT2D eigenvalue weighted by molar-refractivity contribution is -0.114. The van der Waals surface area contributed by atoms with Crippen molar-refractivity contribution in [3.05, 3.63) is 125 Å². The highest BCUT2D eigenvalue weighted by molar-refractivity contribution is 8.00. The van der Waals surface area contributed by atoms with Gasteiger partial charge in [-0.3, -0.25) is 14.4 Å². The number of benzene rings is 4. The van der Waals surface area contributed by atoms with Crippen molar-refractivity contribution in [3.8, 4) is 5.75 Å². The number of methoxy groups -OCH3 is 1. The van der Waals surface area contributed by atoms with Gasteiger partial charge in [0.15, 0.2) is 0 Å². The molecule has 0 spiro atoms. The molecule has 4 aromatic rings. The molecule has 3 N–H and O–H groups in total. The van der Waals surface area contributed by atoms with Crippen molar-refractivity contribution in [2.45, 2.75) is 4.90 Å². The van der Waals surface area contributed by atoms with Crippen LogP contribution in [0.1, 0.15) is 15.9 Å². The van der Waals surface area contributed by atoms with E-state index in [1.165, 1.54) is 11.8 Å². The molecule has 0 aliphatic rings. The van der Waals surface area contributed by atoms with Gasteiger partial charge < -0.3 is 20.7 Å². The van der Waals surface area contributed by atoms with Gasteiger partial charge in [0.1, 0.15) is 11.4 Å². The third kappa shape index (κ3) is 8.23. The summed E-state index contributed by atoms with van der Waals surface area (Å²) in [7, 11) is 1.55. The van der Waals surface area contributed by atoms with E-state index in [1.54, 1.807) is 86.0 Å². The highest BCUT2D eigenvalue weighted by Crippen LogP contribution is 2.25. The Labute approximate surface area is 241 Å². The second kappa shape index (κ2) is 14.0. The summed E-state index contributed by atoms with van der Waals surface area (Å²) < 4.78 is 5.26. The zero-order valence-electron chi connectivity index (χ0n) is 21.5. The first-order valence-corrected chi connectivity index (χ1v) is 13.6. The Kier molecular flexibility index (Phi) is 9.99. The van der Waals surface area contributed by atoms with Gasteiger partial charge in [-0.25, -0.2) is 0 Å². The molecule has 0 fully saturated rings. The van der Waals surface area contributed by atoms with Crippen molar-refractivity contribution in [2.75, 3.05) is 23.5 Å². The molecule has 0 aromatic heterocycles. The molecule has 0 unspecified atom stereocenters. The summed E-state index contributed by atoms with van der Waals surface area (Å²) in [5.74, 6) is -0.281. The topological polar surface area (TPSA) is 96.5 Å². The first kappa shape index (κ1) is 28.5. The van der Waals surface area contributed by atoms with E-state index in [2.05, 4.69) is 16.0 Å². The zero-order valence-corrected chi connectivity index (χ0v) is 23.1. The standard InChI is InChI=1S/C31H26ClN3O4S/c1-39-28-10-6-5-9-26(28)34-29(36)20-40-25-17-15-24(16-18-25)33-31(38)27(19-21-11-13-23(32)14-12-21)35-30(37)22-7-3-2-4-8-22/h2-19H,20H2,1H3,(H,33,38)(H,34,36)(H,35,37)/b27-19-. The molecular weight excluding hydrogens is 546 g/mol. The van der Waals surface area contributed by atoms with E-state index in [0.717, 1.165) is 4.90 Å². The average Bonchev–Trinajstić information content (AvgIpc) is 2.98. The Morgan fingerprint density at radius 2 is 1.50 bits per heavy atom. The van der Waals surface area contributed by atoms with Crippen LogP contribution in [0.4, 0.5) is 11.4 Å². The Hall–Kier alpha value is -4.53. The molecule has 202 valence electrons. The highest BCUT2D eigenvalue weighted by Gasteiger charge is 2.15. The van der Waals surface area contributed by atoms with Crippen LogP contribution >= 0.6 is 23.4 Å². The van der Waals surface area contributed by atoms with Crippen molar-refractivity contribution < 1.29 is 19.1 Å². The maximum absolute atomic E-state index is 13.2. The van der Waals surface area contributed by atoms with Crippen LogP contribution in [0.15, 0.2) is 114 Å². The van der Waals surface area contributed by atoms with Gasteiger partial charge in [-0.15, -0.1) is 11.8 Å². The van der Waals surface area contributed by atoms with Crippen molar-refractivity contribution >= 4 is 58.5 Å². The maximum atomic E-state index is 13.2. The number of halogens is 1. The predicted octanol–water partition coefficient (Wildman–Crippen LogP) is 6.49. The Bertz CT molecular complexity index is 1510. The van der Waals surface area contributed by atoms with Crippen molar-refractivity contribution in [1.29, 1.82) is 0 Å². The van der Waals surface area contributed by atoms with Crippen LogP contribution in [-0.4, -0.2) is 30.6 Å². The van der Waals surface area contributed by atoms with E-state index >= 15 is 0 Å². The largest absolute Gasteiger partial charge is 0.495 e. The van der Waals surface area contributed by atoms with Crippen molar-refractivity contribution in [2.24, 2.45) is 0 Å². The molecule has 3 amide bonds. The molecule has 4 aromatic carbocycles. The third-order valence-electron chi connectivity index (χ3n) is 5.57. The SMILES string of the molecule is COc1ccccc1NC(=O)CSc1ccc(NC(=O)/C(=C/c2ccc(Cl)cc2)NC(=O)c2ccccc2)cc1. The number of para-hydroxylation sites is 2. The van der Waals surface area contributed by atoms with Crippen LogP contribution in [0, 0.1) is 0 Å². The molecule has 0 aliphatic carbocycles. The lowest BCUT2D eigenvalue weighted by Crippen LogP contribution is -2.30. The summed E-state index contributed by atoms with van der Waals surface area (Å²) in [5, 5.41) is 8.93. The van der Waals surface area contributed by atoms with Gasteiger partial charge in [-0.1, -0.05) is 54.1 Å². The molecule has 0 saturated carbocycles. The average molecular weight is 572 g/mol. The van der Waals surface area contributed by atoms with E-state index in [4.69, 9.17) is 16.3 Å². The summed E-state index contributed by atoms with van der Waals surface area (Å²) in [5.41, 5.74) is 2.33. The van der Waals surface area contributed by atoms with Gasteiger partial charge in [0.25, 0.3) is 11.8 Å². The van der Waals surface area contributed by atoms with Gasteiger partial charge in [0, 0.05) is 21.2 Å². The van der Waals surface area contributed by atoms with E-state index < -0.39 is 11.8 Å². The summed E-state index contributed by atoms with van der Waals surface area (Å²) in [6.45, 7) is 0. The van der Waals surface area contributed by atoms with Crippen LogP contribution in [0.2, 0.25) is 5.02 Å². The van der Waals surface area contributed by atoms with Crippen LogP contribution in [0.5, 0.6) is 5.75 Å². The van der Waals surface area contributed by atoms with Gasteiger partial charge in [0.05, 0.1) is 18.6 Å². The minimum atomic E-state index is -0.490. The summed E-state index contributed by atoms with van der Waals surface area (Å²) in [4.78, 5) is 39.2. The molecular formula is C31H26ClN3O4S. The molecule has 40 heavy (non-hydrogen) atoms. The number of carbonyl (C=O) groups excluding carboxylic acids is 3. The monoisotopic (exact) mass is 571 g/mol. The smallest absolute Gasteiger partial charge is 0.272 e. The van der Waals surface area contributed by atoms with E-state index in [1.807, 2.05) is 30.3 Å². The number of hydrogen-bond acceptors (Lipinski definition) is 5. The minimum Gasteiger partial charge on any atom is -0.495 e. The van der Waals surface area contributed by atoms with Gasteiger partial charge in [-0.05, 0) is 72.3 Å². The normalized spacial score (nSPS) is 10.9. The lowest BCUT2D eigenvalue weighted by Gasteiger charge is -2.12. The fraction of sp³-hybridized carbons (Fsp3) is 0.0645. The Balaban J connectivity index is 1.40. The molecule has 9 heteroatoms. The lowest BCUT2D eigenvalue weighted by atomic mass is 10.1. The number of hydrogen-bond donors (Lipinski definition) is 3. The number of nitrogens with one attached hydrogen (secondary N) is 3. The summed E-state index contributed by atoms with van der Waals surface area (Å²) >= 11 is 7.34. The number of rotatable bonds is 10. The number of amides is 3. The quantitative estimate of drug-likeness (QED) is 0.149. The van der Waals surface area contributed by atoms with Gasteiger partial charge >= 0.3 is 0 Å².